The monoisotopic (exact) mass is 251 g/mol. The number of nitrogens with zero attached hydrogens (tertiary/aromatic N) is 1. The van der Waals surface area contributed by atoms with Crippen LogP contribution in [-0.4, -0.2) is 0 Å². The lowest BCUT2D eigenvalue weighted by atomic mass is 9.74. The van der Waals surface area contributed by atoms with Gasteiger partial charge in [0.25, 0.3) is 0 Å². The van der Waals surface area contributed by atoms with Gasteiger partial charge in [0.05, 0.1) is 11.5 Å². The second kappa shape index (κ2) is 5.89. The molecule has 2 atom stereocenters. The molecular weight excluding hydrogens is 230 g/mol. The van der Waals surface area contributed by atoms with Crippen molar-refractivity contribution in [2.24, 2.45) is 11.3 Å². The fraction of sp³-hybridized carbons (Fsp3) is 0.389. The maximum absolute atomic E-state index is 9.51. The number of nitriles is 1. The summed E-state index contributed by atoms with van der Waals surface area (Å²) in [4.78, 5) is 0. The van der Waals surface area contributed by atoms with Crippen LogP contribution in [0.25, 0.3) is 5.57 Å². The molecule has 1 aromatic rings. The molecule has 1 heteroatoms. The minimum atomic E-state index is -0.298. The Morgan fingerprint density at radius 3 is 2.58 bits per heavy atom. The van der Waals surface area contributed by atoms with Crippen molar-refractivity contribution < 1.29 is 0 Å². The normalized spacial score (nSPS) is 23.5. The van der Waals surface area contributed by atoms with E-state index in [1.807, 2.05) is 6.07 Å². The Hall–Kier alpha value is -1.81. The largest absolute Gasteiger partial charge is 0.197 e. The molecule has 1 aromatic carbocycles. The van der Waals surface area contributed by atoms with Crippen molar-refractivity contribution in [1.29, 1.82) is 5.26 Å². The Bertz CT molecular complexity index is 518. The molecule has 0 N–H and O–H groups in total. The lowest BCUT2D eigenvalue weighted by Gasteiger charge is -2.27. The molecule has 0 saturated heterocycles. The first-order chi connectivity index (χ1) is 9.19. The lowest BCUT2D eigenvalue weighted by molar-refractivity contribution is 0.363. The molecule has 19 heavy (non-hydrogen) atoms. The third-order valence-corrected chi connectivity index (χ3v) is 4.01. The Balaban J connectivity index is 2.15. The van der Waals surface area contributed by atoms with Gasteiger partial charge < -0.3 is 0 Å². The highest BCUT2D eigenvalue weighted by atomic mass is 14.4. The Labute approximate surface area is 116 Å². The van der Waals surface area contributed by atoms with Gasteiger partial charge in [0, 0.05) is 0 Å². The van der Waals surface area contributed by atoms with Crippen molar-refractivity contribution in [2.45, 2.75) is 33.1 Å². The molecule has 1 aliphatic rings. The minimum absolute atomic E-state index is 0.298. The minimum Gasteiger partial charge on any atom is -0.197 e. The summed E-state index contributed by atoms with van der Waals surface area (Å²) in [6.45, 7) is 4.41. The maximum Gasteiger partial charge on any atom is 0.0793 e. The molecular formula is C18H21N. The van der Waals surface area contributed by atoms with Gasteiger partial charge in [0.15, 0.2) is 0 Å². The van der Waals surface area contributed by atoms with Gasteiger partial charge in [-0.1, -0.05) is 68.8 Å². The first-order valence-corrected chi connectivity index (χ1v) is 7.05. The summed E-state index contributed by atoms with van der Waals surface area (Å²) in [6, 6.07) is 12.9. The van der Waals surface area contributed by atoms with Gasteiger partial charge >= 0.3 is 0 Å². The smallest absolute Gasteiger partial charge is 0.0793 e. The summed E-state index contributed by atoms with van der Waals surface area (Å²) in [5, 5.41) is 9.51. The van der Waals surface area contributed by atoms with Crippen LogP contribution in [0.5, 0.6) is 0 Å². The highest BCUT2D eigenvalue weighted by molar-refractivity contribution is 5.75. The molecule has 2 rings (SSSR count). The van der Waals surface area contributed by atoms with E-state index in [0.717, 1.165) is 19.3 Å². The van der Waals surface area contributed by atoms with Gasteiger partial charge in [-0.2, -0.15) is 5.26 Å². The van der Waals surface area contributed by atoms with E-state index in [1.165, 1.54) is 11.1 Å². The van der Waals surface area contributed by atoms with E-state index in [-0.39, 0.29) is 5.41 Å². The molecule has 0 aromatic heterocycles. The van der Waals surface area contributed by atoms with Crippen LogP contribution < -0.4 is 0 Å². The second-order valence-electron chi connectivity index (χ2n) is 5.55. The molecule has 98 valence electrons. The highest BCUT2D eigenvalue weighted by Gasteiger charge is 2.29. The molecule has 1 aliphatic carbocycles. The summed E-state index contributed by atoms with van der Waals surface area (Å²) in [5.41, 5.74) is 2.16. The van der Waals surface area contributed by atoms with E-state index >= 15 is 0 Å². The molecule has 0 amide bonds. The third-order valence-electron chi connectivity index (χ3n) is 4.01. The molecule has 1 unspecified atom stereocenters. The van der Waals surface area contributed by atoms with Crippen LogP contribution in [0.1, 0.15) is 38.7 Å². The first-order valence-electron chi connectivity index (χ1n) is 7.05. The van der Waals surface area contributed by atoms with E-state index < -0.39 is 0 Å². The Morgan fingerprint density at radius 1 is 1.32 bits per heavy atom. The average Bonchev–Trinajstić information content (AvgIpc) is 2.48. The highest BCUT2D eigenvalue weighted by Crippen LogP contribution is 2.38. The molecule has 0 bridgehead atoms. The number of hydrogen-bond donors (Lipinski definition) is 0. The zero-order chi connectivity index (χ0) is 13.7. The number of benzene rings is 1. The van der Waals surface area contributed by atoms with E-state index in [1.54, 1.807) is 0 Å². The van der Waals surface area contributed by atoms with Crippen LogP contribution >= 0.6 is 0 Å². The maximum atomic E-state index is 9.51. The van der Waals surface area contributed by atoms with Gasteiger partial charge in [-0.3, -0.25) is 0 Å². The van der Waals surface area contributed by atoms with Gasteiger partial charge in [-0.25, -0.2) is 0 Å². The summed E-state index contributed by atoms with van der Waals surface area (Å²) in [6.07, 6.45) is 9.35. The van der Waals surface area contributed by atoms with Gasteiger partial charge in [0.2, 0.25) is 0 Å². The van der Waals surface area contributed by atoms with Gasteiger partial charge in [0.1, 0.15) is 0 Å². The molecule has 0 heterocycles. The standard InChI is InChI=1S/C18H21N/c1-3-15(2)13-18(14-19)11-9-17(10-12-18)16-7-5-4-6-8-16/h4-11,15H,3,12-13H2,1-2H3/t15?,18-/m1/s1. The number of hydrogen-bond acceptors (Lipinski definition) is 1. The molecule has 0 aliphatic heterocycles. The van der Waals surface area contributed by atoms with Gasteiger partial charge in [-0.15, -0.1) is 0 Å². The molecule has 0 radical (unpaired) electrons. The van der Waals surface area contributed by atoms with Crippen LogP contribution in [0.15, 0.2) is 48.6 Å². The summed E-state index contributed by atoms with van der Waals surface area (Å²) >= 11 is 0. The predicted octanol–water partition coefficient (Wildman–Crippen LogP) is 4.98. The van der Waals surface area contributed by atoms with E-state index in [2.05, 4.69) is 62.4 Å². The van der Waals surface area contributed by atoms with Crippen molar-refractivity contribution >= 4 is 5.57 Å². The zero-order valence-corrected chi connectivity index (χ0v) is 11.8. The van der Waals surface area contributed by atoms with Crippen LogP contribution in [0, 0.1) is 22.7 Å². The van der Waals surface area contributed by atoms with E-state index in [0.29, 0.717) is 5.92 Å². The number of rotatable bonds is 4. The average molecular weight is 251 g/mol. The SMILES string of the molecule is CCC(C)C[C@@]1(C#N)C=CC(c2ccccc2)=CC1. The van der Waals surface area contributed by atoms with E-state index in [9.17, 15) is 5.26 Å². The summed E-state index contributed by atoms with van der Waals surface area (Å²) in [5.74, 6) is 0.593. The Kier molecular flexibility index (Phi) is 4.22. The van der Waals surface area contributed by atoms with Crippen LogP contribution in [0.3, 0.4) is 0 Å². The molecule has 1 nitrogen and oxygen atoms in total. The van der Waals surface area contributed by atoms with Crippen molar-refractivity contribution in [3.63, 3.8) is 0 Å². The van der Waals surface area contributed by atoms with Crippen molar-refractivity contribution in [3.05, 3.63) is 54.1 Å². The fourth-order valence-electron chi connectivity index (χ4n) is 2.57. The topological polar surface area (TPSA) is 23.8 Å². The fourth-order valence-corrected chi connectivity index (χ4v) is 2.57. The Morgan fingerprint density at radius 2 is 2.05 bits per heavy atom. The summed E-state index contributed by atoms with van der Waals surface area (Å²) in [7, 11) is 0. The first kappa shape index (κ1) is 13.6. The zero-order valence-electron chi connectivity index (χ0n) is 11.8. The molecule has 0 fully saturated rings. The molecule has 0 saturated carbocycles. The van der Waals surface area contributed by atoms with Crippen LogP contribution in [-0.2, 0) is 0 Å². The van der Waals surface area contributed by atoms with E-state index in [4.69, 9.17) is 0 Å². The van der Waals surface area contributed by atoms with Crippen molar-refractivity contribution in [3.8, 4) is 6.07 Å². The lowest BCUT2D eigenvalue weighted by Crippen LogP contribution is -2.20. The quantitative estimate of drug-likeness (QED) is 0.740. The van der Waals surface area contributed by atoms with Crippen molar-refractivity contribution in [1.82, 2.24) is 0 Å². The van der Waals surface area contributed by atoms with Crippen LogP contribution in [0.2, 0.25) is 0 Å². The van der Waals surface area contributed by atoms with Crippen LogP contribution in [0.4, 0.5) is 0 Å². The summed E-state index contributed by atoms with van der Waals surface area (Å²) < 4.78 is 0. The van der Waals surface area contributed by atoms with Crippen molar-refractivity contribution in [2.75, 3.05) is 0 Å². The molecule has 0 spiro atoms. The predicted molar refractivity (Wildman–Crippen MR) is 80.3 cm³/mol. The number of allylic oxidation sites excluding steroid dienone is 4. The second-order valence-corrected chi connectivity index (χ2v) is 5.55. The third kappa shape index (κ3) is 3.15. The van der Waals surface area contributed by atoms with Gasteiger partial charge in [-0.05, 0) is 29.9 Å².